The molecule has 10 heteroatoms. The zero-order valence-electron chi connectivity index (χ0n) is 23.9. The predicted octanol–water partition coefficient (Wildman–Crippen LogP) is 6.77. The molecule has 0 saturated carbocycles. The van der Waals surface area contributed by atoms with Gasteiger partial charge >= 0.3 is 0 Å². The lowest BCUT2D eigenvalue weighted by atomic mass is 10.1. The van der Waals surface area contributed by atoms with Crippen LogP contribution in [-0.4, -0.2) is 33.8 Å². The number of ether oxygens (including phenoxy) is 2. The average molecular weight is 618 g/mol. The van der Waals surface area contributed by atoms with Gasteiger partial charge in [0.2, 0.25) is 0 Å². The highest BCUT2D eigenvalue weighted by Crippen LogP contribution is 2.30. The second-order valence-electron chi connectivity index (χ2n) is 9.41. The van der Waals surface area contributed by atoms with E-state index in [2.05, 4.69) is 17.1 Å². The first kappa shape index (κ1) is 31.3. The molecule has 0 saturated heterocycles. The summed E-state index contributed by atoms with van der Waals surface area (Å²) in [6.07, 6.45) is 3.11. The van der Waals surface area contributed by atoms with Crippen LogP contribution in [0, 0.1) is 6.92 Å². The Morgan fingerprint density at radius 3 is 2.40 bits per heavy atom. The minimum atomic E-state index is -4.07. The van der Waals surface area contributed by atoms with Crippen LogP contribution in [0.5, 0.6) is 11.5 Å². The summed E-state index contributed by atoms with van der Waals surface area (Å²) in [6, 6.07) is 25.2. The van der Waals surface area contributed by atoms with Gasteiger partial charge in [-0.3, -0.25) is 9.10 Å². The summed E-state index contributed by atoms with van der Waals surface area (Å²) >= 11 is 6.06. The molecule has 1 amide bonds. The summed E-state index contributed by atoms with van der Waals surface area (Å²) in [5.41, 5.74) is 5.13. The monoisotopic (exact) mass is 617 g/mol. The van der Waals surface area contributed by atoms with Crippen LogP contribution >= 0.6 is 11.6 Å². The van der Waals surface area contributed by atoms with Gasteiger partial charge in [-0.05, 0) is 79.6 Å². The topological polar surface area (TPSA) is 97.3 Å². The number of carbonyl (C=O) groups excluding carboxylic acids is 1. The molecule has 4 aromatic rings. The molecule has 0 radical (unpaired) electrons. The number of benzene rings is 4. The molecule has 0 fully saturated rings. The van der Waals surface area contributed by atoms with Crippen LogP contribution < -0.4 is 19.2 Å². The fraction of sp³-hybridized carbons (Fsp3) is 0.152. The largest absolute Gasteiger partial charge is 0.490 e. The number of amides is 1. The van der Waals surface area contributed by atoms with Gasteiger partial charge in [-0.25, -0.2) is 13.8 Å². The molecule has 0 aliphatic heterocycles. The van der Waals surface area contributed by atoms with Crippen molar-refractivity contribution in [1.29, 1.82) is 0 Å². The summed E-state index contributed by atoms with van der Waals surface area (Å²) in [4.78, 5) is 13.5. The lowest BCUT2D eigenvalue weighted by Gasteiger charge is -2.26. The molecule has 0 aliphatic rings. The van der Waals surface area contributed by atoms with E-state index >= 15 is 0 Å². The number of aryl methyl sites for hydroxylation is 1. The number of para-hydroxylation sites is 1. The van der Waals surface area contributed by atoms with E-state index in [0.717, 1.165) is 5.56 Å². The third kappa shape index (κ3) is 8.03. The van der Waals surface area contributed by atoms with Gasteiger partial charge in [0.15, 0.2) is 11.5 Å². The van der Waals surface area contributed by atoms with Crippen molar-refractivity contribution in [3.63, 3.8) is 0 Å². The number of rotatable bonds is 13. The Kier molecular flexibility index (Phi) is 10.6. The lowest BCUT2D eigenvalue weighted by molar-refractivity contribution is 0.0955. The Morgan fingerprint density at radius 2 is 1.70 bits per heavy atom. The van der Waals surface area contributed by atoms with E-state index < -0.39 is 15.9 Å². The van der Waals surface area contributed by atoms with E-state index in [9.17, 15) is 13.2 Å². The first-order valence-electron chi connectivity index (χ1n) is 13.5. The number of halogens is 1. The highest BCUT2D eigenvalue weighted by atomic mass is 35.5. The van der Waals surface area contributed by atoms with Crippen molar-refractivity contribution in [2.45, 2.75) is 25.3 Å². The Labute approximate surface area is 257 Å². The normalized spacial score (nSPS) is 11.2. The Bertz CT molecular complexity index is 1710. The first-order valence-corrected chi connectivity index (χ1v) is 15.3. The lowest BCUT2D eigenvalue weighted by Crippen LogP contribution is -2.33. The molecular formula is C33H32ClN3O5S. The smallest absolute Gasteiger partial charge is 0.273 e. The number of sulfonamides is 1. The van der Waals surface area contributed by atoms with Crippen molar-refractivity contribution in [2.24, 2.45) is 5.10 Å². The third-order valence-electron chi connectivity index (χ3n) is 6.27. The summed E-state index contributed by atoms with van der Waals surface area (Å²) in [7, 11) is -4.07. The molecule has 43 heavy (non-hydrogen) atoms. The predicted molar refractivity (Wildman–Crippen MR) is 171 cm³/mol. The number of hydrogen-bond donors (Lipinski definition) is 1. The number of hydrazone groups is 1. The molecule has 0 heterocycles. The van der Waals surface area contributed by atoms with E-state index in [1.165, 1.54) is 10.5 Å². The van der Waals surface area contributed by atoms with E-state index in [1.807, 2.05) is 13.8 Å². The Morgan fingerprint density at radius 1 is 0.977 bits per heavy atom. The van der Waals surface area contributed by atoms with Gasteiger partial charge in [0, 0.05) is 5.02 Å². The molecule has 0 aromatic heterocycles. The van der Waals surface area contributed by atoms with Gasteiger partial charge in [-0.15, -0.1) is 0 Å². The van der Waals surface area contributed by atoms with Gasteiger partial charge in [0.05, 0.1) is 35.5 Å². The van der Waals surface area contributed by atoms with Crippen molar-refractivity contribution in [3.8, 4) is 11.5 Å². The number of anilines is 1. The van der Waals surface area contributed by atoms with Crippen LogP contribution in [0.25, 0.3) is 0 Å². The molecule has 0 unspecified atom stereocenters. The summed E-state index contributed by atoms with van der Waals surface area (Å²) < 4.78 is 40.5. The van der Waals surface area contributed by atoms with Gasteiger partial charge in [0.25, 0.3) is 15.9 Å². The standard InChI is InChI=1S/C33H32ClN3O5S/c1-4-20-42-31-19-14-26(21-32(31)41-5-2)22-35-36-33(38)29-8-6-7-9-30(29)37(23-25-12-15-27(34)16-13-25)43(39,40)28-17-10-24(3)11-18-28/h4,6-19,21-22H,1,5,20,23H2,2-3H3,(H,36,38)/b35-22-. The van der Waals surface area contributed by atoms with E-state index in [0.29, 0.717) is 40.9 Å². The second kappa shape index (κ2) is 14.5. The highest BCUT2D eigenvalue weighted by molar-refractivity contribution is 7.92. The van der Waals surface area contributed by atoms with E-state index in [-0.39, 0.29) is 22.7 Å². The molecule has 4 aromatic carbocycles. The number of nitrogens with zero attached hydrogens (tertiary/aromatic N) is 2. The van der Waals surface area contributed by atoms with Crippen molar-refractivity contribution in [3.05, 3.63) is 131 Å². The van der Waals surface area contributed by atoms with Crippen molar-refractivity contribution in [2.75, 3.05) is 17.5 Å². The average Bonchev–Trinajstić information content (AvgIpc) is 3.00. The number of hydrogen-bond acceptors (Lipinski definition) is 6. The fourth-order valence-corrected chi connectivity index (χ4v) is 5.74. The maximum Gasteiger partial charge on any atom is 0.273 e. The molecule has 222 valence electrons. The molecule has 1 N–H and O–H groups in total. The van der Waals surface area contributed by atoms with Gasteiger partial charge in [-0.1, -0.05) is 66.2 Å². The van der Waals surface area contributed by atoms with Gasteiger partial charge in [-0.2, -0.15) is 5.10 Å². The summed E-state index contributed by atoms with van der Waals surface area (Å²) in [5.74, 6) is 0.514. The fourth-order valence-electron chi connectivity index (χ4n) is 4.14. The van der Waals surface area contributed by atoms with Crippen molar-refractivity contribution < 1.29 is 22.7 Å². The zero-order chi connectivity index (χ0) is 30.8. The minimum absolute atomic E-state index is 0.0264. The molecule has 0 aliphatic carbocycles. The molecule has 0 bridgehead atoms. The van der Waals surface area contributed by atoms with Crippen LogP contribution in [0.3, 0.4) is 0 Å². The van der Waals surface area contributed by atoms with Gasteiger partial charge < -0.3 is 9.47 Å². The number of carbonyl (C=O) groups is 1. The molecular weight excluding hydrogens is 586 g/mol. The third-order valence-corrected chi connectivity index (χ3v) is 8.30. The molecule has 0 spiro atoms. The highest BCUT2D eigenvalue weighted by Gasteiger charge is 2.28. The van der Waals surface area contributed by atoms with Crippen LogP contribution in [-0.2, 0) is 16.6 Å². The Hall–Kier alpha value is -4.60. The van der Waals surface area contributed by atoms with Crippen molar-refractivity contribution >= 4 is 39.4 Å². The summed E-state index contributed by atoms with van der Waals surface area (Å²) in [5, 5.41) is 4.64. The summed E-state index contributed by atoms with van der Waals surface area (Å²) in [6.45, 7) is 8.15. The maximum absolute atomic E-state index is 14.0. The Balaban J connectivity index is 1.64. The van der Waals surface area contributed by atoms with Crippen LogP contribution in [0.2, 0.25) is 5.02 Å². The molecule has 0 atom stereocenters. The quantitative estimate of drug-likeness (QED) is 0.101. The van der Waals surface area contributed by atoms with E-state index in [4.69, 9.17) is 21.1 Å². The number of nitrogens with one attached hydrogen (secondary N) is 1. The van der Waals surface area contributed by atoms with Gasteiger partial charge in [0.1, 0.15) is 6.61 Å². The molecule has 8 nitrogen and oxygen atoms in total. The van der Waals surface area contributed by atoms with E-state index in [1.54, 1.807) is 97.1 Å². The van der Waals surface area contributed by atoms with Crippen LogP contribution in [0.15, 0.2) is 114 Å². The SMILES string of the molecule is C=CCOc1ccc(/C=N\NC(=O)c2ccccc2N(Cc2ccc(Cl)cc2)S(=O)(=O)c2ccc(C)cc2)cc1OCC. The molecule has 4 rings (SSSR count). The first-order chi connectivity index (χ1) is 20.7. The maximum atomic E-state index is 14.0. The zero-order valence-corrected chi connectivity index (χ0v) is 25.4. The second-order valence-corrected chi connectivity index (χ2v) is 11.7. The van der Waals surface area contributed by atoms with Crippen LogP contribution in [0.4, 0.5) is 5.69 Å². The minimum Gasteiger partial charge on any atom is -0.490 e. The van der Waals surface area contributed by atoms with Crippen LogP contribution in [0.1, 0.15) is 34.0 Å². The van der Waals surface area contributed by atoms with Crippen molar-refractivity contribution in [1.82, 2.24) is 5.43 Å².